The zero-order chi connectivity index (χ0) is 47.7. The molecule has 0 aliphatic carbocycles. The van der Waals surface area contributed by atoms with Crippen LogP contribution in [0.3, 0.4) is 0 Å². The van der Waals surface area contributed by atoms with Gasteiger partial charge in [0.2, 0.25) is 0 Å². The summed E-state index contributed by atoms with van der Waals surface area (Å²) < 4.78 is 32.9. The van der Waals surface area contributed by atoms with Crippen molar-refractivity contribution in [2.75, 3.05) is 19.8 Å². The molecule has 0 heterocycles. The van der Waals surface area contributed by atoms with Crippen LogP contribution >= 0.6 is 7.82 Å². The molecule has 12 heteroatoms. The standard InChI is InChI=1S/C53H96NO10P/c1-3-5-7-9-11-13-15-17-19-21-23-24-25-26-27-29-31-33-35-37-39-41-43-45-52(56)64-49(47-62-65(59,60)63-48-50(54)53(57)58)46-61-51(55)44-42-40-38-36-34-32-30-28-22-20-18-16-14-12-10-8-6-4-2/h14-17,20-23,49-50H,3-13,18-19,24-48,54H2,1-2H3,(H,57,58)(H,59,60)/b16-14-,17-15-,22-20-,23-21-. The van der Waals surface area contributed by atoms with Crippen LogP contribution in [0.5, 0.6) is 0 Å². The second kappa shape index (κ2) is 47.9. The predicted molar refractivity (Wildman–Crippen MR) is 268 cm³/mol. The molecule has 4 N–H and O–H groups in total. The van der Waals surface area contributed by atoms with E-state index in [4.69, 9.17) is 24.8 Å². The number of aliphatic carboxylic acids is 1. The molecule has 378 valence electrons. The Labute approximate surface area is 396 Å². The monoisotopic (exact) mass is 938 g/mol. The van der Waals surface area contributed by atoms with Crippen molar-refractivity contribution >= 4 is 25.7 Å². The first-order valence-corrected chi connectivity index (χ1v) is 27.7. The third-order valence-corrected chi connectivity index (χ3v) is 12.3. The number of unbranched alkanes of at least 4 members (excludes halogenated alkanes) is 27. The summed E-state index contributed by atoms with van der Waals surface area (Å²) in [5, 5.41) is 8.93. The van der Waals surface area contributed by atoms with Crippen LogP contribution in [0.4, 0.5) is 0 Å². The van der Waals surface area contributed by atoms with Crippen LogP contribution in [0, 0.1) is 0 Å². The first-order valence-electron chi connectivity index (χ1n) is 26.2. The molecule has 0 aliphatic heterocycles. The zero-order valence-corrected chi connectivity index (χ0v) is 42.2. The number of carboxylic acids is 1. The van der Waals surface area contributed by atoms with Gasteiger partial charge < -0.3 is 25.2 Å². The van der Waals surface area contributed by atoms with Crippen molar-refractivity contribution in [1.82, 2.24) is 0 Å². The maximum Gasteiger partial charge on any atom is 0.472 e. The minimum absolute atomic E-state index is 0.157. The number of hydrogen-bond acceptors (Lipinski definition) is 9. The molecule has 0 saturated heterocycles. The second-order valence-electron chi connectivity index (χ2n) is 17.7. The maximum absolute atomic E-state index is 12.7. The first kappa shape index (κ1) is 62.4. The lowest BCUT2D eigenvalue weighted by Gasteiger charge is -2.20. The van der Waals surface area contributed by atoms with E-state index < -0.39 is 51.1 Å². The first-order chi connectivity index (χ1) is 31.6. The van der Waals surface area contributed by atoms with Gasteiger partial charge in [0.05, 0.1) is 13.2 Å². The van der Waals surface area contributed by atoms with E-state index in [0.29, 0.717) is 12.8 Å². The number of phosphoric acid groups is 1. The van der Waals surface area contributed by atoms with E-state index in [-0.39, 0.29) is 19.4 Å². The van der Waals surface area contributed by atoms with E-state index in [1.807, 2.05) is 0 Å². The highest BCUT2D eigenvalue weighted by Crippen LogP contribution is 2.43. The minimum Gasteiger partial charge on any atom is -0.480 e. The van der Waals surface area contributed by atoms with Crippen molar-refractivity contribution < 1.29 is 47.5 Å². The second-order valence-corrected chi connectivity index (χ2v) is 19.1. The van der Waals surface area contributed by atoms with Gasteiger partial charge in [0.25, 0.3) is 0 Å². The molecule has 11 nitrogen and oxygen atoms in total. The molecule has 0 saturated carbocycles. The zero-order valence-electron chi connectivity index (χ0n) is 41.3. The average molecular weight is 938 g/mol. The molecule has 0 aromatic heterocycles. The van der Waals surface area contributed by atoms with E-state index >= 15 is 0 Å². The molecule has 0 bridgehead atoms. The van der Waals surface area contributed by atoms with Gasteiger partial charge in [0.15, 0.2) is 6.10 Å². The van der Waals surface area contributed by atoms with Crippen molar-refractivity contribution in [2.24, 2.45) is 5.73 Å². The van der Waals surface area contributed by atoms with Gasteiger partial charge >= 0.3 is 25.7 Å². The molecule has 65 heavy (non-hydrogen) atoms. The van der Waals surface area contributed by atoms with Gasteiger partial charge in [-0.3, -0.25) is 23.4 Å². The number of rotatable bonds is 49. The van der Waals surface area contributed by atoms with Crippen LogP contribution in [0.25, 0.3) is 0 Å². The number of esters is 2. The van der Waals surface area contributed by atoms with E-state index in [9.17, 15) is 23.8 Å². The van der Waals surface area contributed by atoms with Gasteiger partial charge in [0.1, 0.15) is 12.6 Å². The average Bonchev–Trinajstić information content (AvgIpc) is 3.28. The van der Waals surface area contributed by atoms with Crippen molar-refractivity contribution in [3.63, 3.8) is 0 Å². The Morgan fingerprint density at radius 2 is 0.815 bits per heavy atom. The Bertz CT molecular complexity index is 1280. The van der Waals surface area contributed by atoms with E-state index in [2.05, 4.69) is 67.0 Å². The van der Waals surface area contributed by atoms with E-state index in [1.54, 1.807) is 0 Å². The number of carbonyl (C=O) groups is 3. The summed E-state index contributed by atoms with van der Waals surface area (Å²) in [5.74, 6) is -2.38. The number of phosphoric ester groups is 1. The molecule has 0 aliphatic rings. The Morgan fingerprint density at radius 1 is 0.477 bits per heavy atom. The molecule has 0 aromatic rings. The third-order valence-electron chi connectivity index (χ3n) is 11.3. The molecule has 3 atom stereocenters. The van der Waals surface area contributed by atoms with Gasteiger partial charge in [0, 0.05) is 12.8 Å². The number of hydrogen-bond donors (Lipinski definition) is 3. The number of carbonyl (C=O) groups excluding carboxylic acids is 2. The van der Waals surface area contributed by atoms with Gasteiger partial charge in [-0.2, -0.15) is 0 Å². The summed E-state index contributed by atoms with van der Waals surface area (Å²) in [7, 11) is -4.73. The smallest absolute Gasteiger partial charge is 0.472 e. The molecular formula is C53H96NO10P. The van der Waals surface area contributed by atoms with E-state index in [1.165, 1.54) is 141 Å². The lowest BCUT2D eigenvalue weighted by atomic mass is 10.0. The fourth-order valence-corrected chi connectivity index (χ4v) is 7.96. The summed E-state index contributed by atoms with van der Waals surface area (Å²) >= 11 is 0. The van der Waals surface area contributed by atoms with Crippen molar-refractivity contribution in [2.45, 2.75) is 251 Å². The summed E-state index contributed by atoms with van der Waals surface area (Å²) in [5.41, 5.74) is 5.35. The maximum atomic E-state index is 12.7. The SMILES string of the molecule is CCCCCC/C=C\C/C=C\CCCCCCCCCC(=O)OCC(COP(=O)(O)OCC(N)C(=O)O)OC(=O)CCCCCCCCCCCCC/C=C\C/C=C\CCCCCCC. The molecular weight excluding hydrogens is 842 g/mol. The van der Waals surface area contributed by atoms with Crippen molar-refractivity contribution in [3.8, 4) is 0 Å². The molecule has 0 fully saturated rings. The van der Waals surface area contributed by atoms with Gasteiger partial charge in [-0.1, -0.05) is 197 Å². The highest BCUT2D eigenvalue weighted by molar-refractivity contribution is 7.47. The van der Waals surface area contributed by atoms with Crippen LogP contribution in [0.2, 0.25) is 0 Å². The van der Waals surface area contributed by atoms with Crippen LogP contribution in [-0.4, -0.2) is 59.9 Å². The summed E-state index contributed by atoms with van der Waals surface area (Å²) in [4.78, 5) is 46.2. The Balaban J connectivity index is 4.24. The van der Waals surface area contributed by atoms with Crippen LogP contribution < -0.4 is 5.73 Å². The lowest BCUT2D eigenvalue weighted by Crippen LogP contribution is -2.34. The van der Waals surface area contributed by atoms with Crippen LogP contribution in [-0.2, 0) is 37.5 Å². The summed E-state index contributed by atoms with van der Waals surface area (Å²) in [6.45, 7) is 2.80. The van der Waals surface area contributed by atoms with Crippen LogP contribution in [0.15, 0.2) is 48.6 Å². The normalized spacial score (nSPS) is 13.9. The number of allylic oxidation sites excluding steroid dienone is 8. The molecule has 0 aromatic carbocycles. The summed E-state index contributed by atoms with van der Waals surface area (Å²) in [6, 6.07) is -1.52. The molecule has 3 unspecified atom stereocenters. The molecule has 0 rings (SSSR count). The fourth-order valence-electron chi connectivity index (χ4n) is 7.19. The van der Waals surface area contributed by atoms with Gasteiger partial charge in [-0.25, -0.2) is 4.57 Å². The molecule has 0 amide bonds. The fraction of sp³-hybridized carbons (Fsp3) is 0.792. The Morgan fingerprint density at radius 3 is 1.22 bits per heavy atom. The number of carboxylic acid groups (broad SMARTS) is 1. The van der Waals surface area contributed by atoms with Gasteiger partial charge in [-0.15, -0.1) is 0 Å². The van der Waals surface area contributed by atoms with E-state index in [0.717, 1.165) is 57.8 Å². The number of nitrogens with two attached hydrogens (primary N) is 1. The molecule has 0 spiro atoms. The highest BCUT2D eigenvalue weighted by atomic mass is 31.2. The third kappa shape index (κ3) is 47.7. The van der Waals surface area contributed by atoms with Crippen molar-refractivity contribution in [3.05, 3.63) is 48.6 Å². The summed E-state index contributed by atoms with van der Waals surface area (Å²) in [6.07, 6.45) is 56.0. The number of ether oxygens (including phenoxy) is 2. The molecule has 0 radical (unpaired) electrons. The largest absolute Gasteiger partial charge is 0.480 e. The Kier molecular flexibility index (Phi) is 46.0. The van der Waals surface area contributed by atoms with Crippen molar-refractivity contribution in [1.29, 1.82) is 0 Å². The quantitative estimate of drug-likeness (QED) is 0.0229. The van der Waals surface area contributed by atoms with Gasteiger partial charge in [-0.05, 0) is 77.0 Å². The lowest BCUT2D eigenvalue weighted by molar-refractivity contribution is -0.161. The Hall–Kier alpha value is -2.56. The topological polar surface area (TPSA) is 172 Å². The minimum atomic E-state index is -4.73. The highest BCUT2D eigenvalue weighted by Gasteiger charge is 2.28. The van der Waals surface area contributed by atoms with Crippen LogP contribution in [0.1, 0.15) is 239 Å². The predicted octanol–water partition coefficient (Wildman–Crippen LogP) is 14.9.